The highest BCUT2D eigenvalue weighted by Crippen LogP contribution is 2.21. The fourth-order valence-electron chi connectivity index (χ4n) is 1.02. The zero-order chi connectivity index (χ0) is 12.3. The van der Waals surface area contributed by atoms with Crippen molar-refractivity contribution in [3.63, 3.8) is 0 Å². The first-order chi connectivity index (χ1) is 7.33. The van der Waals surface area contributed by atoms with Crippen molar-refractivity contribution < 1.29 is 13.6 Å². The van der Waals surface area contributed by atoms with Gasteiger partial charge in [0.05, 0.1) is 5.69 Å². The van der Waals surface area contributed by atoms with Crippen molar-refractivity contribution in [1.29, 1.82) is 0 Å². The zero-order valence-corrected chi connectivity index (χ0v) is 10.3. The van der Waals surface area contributed by atoms with Crippen molar-refractivity contribution in [3.05, 3.63) is 28.2 Å². The number of nitrogens with zero attached hydrogens (tertiary/aromatic N) is 1. The number of oxime groups is 1. The van der Waals surface area contributed by atoms with E-state index in [4.69, 9.17) is 16.1 Å². The third-order valence-corrected chi connectivity index (χ3v) is 2.62. The maximum atomic E-state index is 10.9. The second kappa shape index (κ2) is 4.68. The summed E-state index contributed by atoms with van der Waals surface area (Å²) in [5.74, 6) is -0.229. The van der Waals surface area contributed by atoms with Gasteiger partial charge in [-0.15, -0.1) is 0 Å². The second-order valence-electron chi connectivity index (χ2n) is 2.82. The van der Waals surface area contributed by atoms with E-state index in [-0.39, 0.29) is 17.1 Å². The van der Waals surface area contributed by atoms with Crippen molar-refractivity contribution in [3.8, 4) is 0 Å². The topological polar surface area (TPSA) is 131 Å². The number of hydrogen-bond acceptors (Lipinski definition) is 4. The molecular weight excluding hydrogens is 300 g/mol. The molecule has 1 rings (SSSR count). The molecule has 0 aliphatic carbocycles. The normalized spacial score (nSPS) is 12.5. The highest BCUT2D eigenvalue weighted by molar-refractivity contribution is 9.10. The summed E-state index contributed by atoms with van der Waals surface area (Å²) in [6.07, 6.45) is 0. The van der Waals surface area contributed by atoms with E-state index in [2.05, 4.69) is 21.1 Å². The number of amidine groups is 1. The lowest BCUT2D eigenvalue weighted by Gasteiger charge is -2.09. The van der Waals surface area contributed by atoms with E-state index >= 15 is 0 Å². The van der Waals surface area contributed by atoms with E-state index in [0.29, 0.717) is 4.47 Å². The Kier molecular flexibility index (Phi) is 3.73. The summed E-state index contributed by atoms with van der Waals surface area (Å²) in [4.78, 5) is 0. The van der Waals surface area contributed by atoms with Crippen LogP contribution >= 0.6 is 15.9 Å². The average Bonchev–Trinajstić information content (AvgIpc) is 2.17. The Morgan fingerprint density at radius 1 is 1.50 bits per heavy atom. The van der Waals surface area contributed by atoms with Crippen LogP contribution in [0.1, 0.15) is 5.56 Å². The molecule has 7 nitrogen and oxygen atoms in total. The first kappa shape index (κ1) is 12.7. The number of nitrogens with one attached hydrogen (secondary N) is 1. The summed E-state index contributed by atoms with van der Waals surface area (Å²) in [6, 6.07) is 4.51. The zero-order valence-electron chi connectivity index (χ0n) is 7.88. The SMILES string of the molecule is N/C(=N/O)c1cc(Br)ccc1NS(N)(=O)=O. The van der Waals surface area contributed by atoms with Crippen molar-refractivity contribution in [1.82, 2.24) is 0 Å². The van der Waals surface area contributed by atoms with Gasteiger partial charge in [0.15, 0.2) is 5.84 Å². The molecule has 0 aromatic heterocycles. The highest BCUT2D eigenvalue weighted by atomic mass is 79.9. The van der Waals surface area contributed by atoms with Crippen LogP contribution in [0.3, 0.4) is 0 Å². The molecule has 0 unspecified atom stereocenters. The first-order valence-electron chi connectivity index (χ1n) is 3.91. The number of benzene rings is 1. The van der Waals surface area contributed by atoms with Crippen molar-refractivity contribution in [2.45, 2.75) is 0 Å². The number of anilines is 1. The Labute approximate surface area is 100 Å². The molecule has 0 bridgehead atoms. The molecule has 0 fully saturated rings. The Balaban J connectivity index is 3.29. The summed E-state index contributed by atoms with van der Waals surface area (Å²) in [7, 11) is -3.91. The minimum absolute atomic E-state index is 0.126. The molecular formula is C7H9BrN4O3S. The minimum Gasteiger partial charge on any atom is -0.409 e. The average molecular weight is 309 g/mol. The quantitative estimate of drug-likeness (QED) is 0.274. The van der Waals surface area contributed by atoms with Crippen LogP contribution in [-0.4, -0.2) is 19.5 Å². The molecule has 1 aromatic rings. The molecule has 1 aromatic carbocycles. The van der Waals surface area contributed by atoms with Gasteiger partial charge in [0, 0.05) is 10.0 Å². The molecule has 0 atom stereocenters. The van der Waals surface area contributed by atoms with Crippen LogP contribution in [0.15, 0.2) is 27.8 Å². The fourth-order valence-corrected chi connectivity index (χ4v) is 1.87. The molecule has 9 heteroatoms. The number of halogens is 1. The smallest absolute Gasteiger partial charge is 0.296 e. The molecule has 16 heavy (non-hydrogen) atoms. The summed E-state index contributed by atoms with van der Waals surface area (Å²) < 4.78 is 24.4. The number of nitrogens with two attached hydrogens (primary N) is 2. The minimum atomic E-state index is -3.91. The van der Waals surface area contributed by atoms with Crippen LogP contribution in [0.4, 0.5) is 5.69 Å². The van der Waals surface area contributed by atoms with E-state index in [0.717, 1.165) is 0 Å². The van der Waals surface area contributed by atoms with Crippen molar-refractivity contribution in [2.24, 2.45) is 16.0 Å². The lowest BCUT2D eigenvalue weighted by molar-refractivity contribution is 0.318. The Morgan fingerprint density at radius 3 is 2.62 bits per heavy atom. The number of hydrogen-bond donors (Lipinski definition) is 4. The molecule has 0 aliphatic heterocycles. The molecule has 0 amide bonds. The third kappa shape index (κ3) is 3.36. The van der Waals surface area contributed by atoms with E-state index in [9.17, 15) is 8.42 Å². The van der Waals surface area contributed by atoms with Gasteiger partial charge >= 0.3 is 0 Å². The molecule has 0 radical (unpaired) electrons. The van der Waals surface area contributed by atoms with Crippen LogP contribution in [0.2, 0.25) is 0 Å². The molecule has 0 aliphatic rings. The molecule has 0 heterocycles. The Bertz CT molecular complexity index is 528. The van der Waals surface area contributed by atoms with Gasteiger partial charge in [0.25, 0.3) is 10.2 Å². The molecule has 0 spiro atoms. The predicted octanol–water partition coefficient (Wildman–Crippen LogP) is 0.159. The van der Waals surface area contributed by atoms with E-state index < -0.39 is 10.2 Å². The summed E-state index contributed by atoms with van der Waals surface area (Å²) in [6.45, 7) is 0. The summed E-state index contributed by atoms with van der Waals surface area (Å²) in [5, 5.41) is 16.2. The van der Waals surface area contributed by atoms with Gasteiger partial charge in [-0.25, -0.2) is 5.14 Å². The predicted molar refractivity (Wildman–Crippen MR) is 63.4 cm³/mol. The largest absolute Gasteiger partial charge is 0.409 e. The Morgan fingerprint density at radius 2 is 2.12 bits per heavy atom. The second-order valence-corrected chi connectivity index (χ2v) is 5.03. The lowest BCUT2D eigenvalue weighted by atomic mass is 10.2. The first-order valence-corrected chi connectivity index (χ1v) is 6.25. The van der Waals surface area contributed by atoms with Crippen LogP contribution in [0, 0.1) is 0 Å². The molecule has 0 saturated heterocycles. The van der Waals surface area contributed by atoms with Crippen LogP contribution in [0.5, 0.6) is 0 Å². The maximum absolute atomic E-state index is 10.9. The third-order valence-electron chi connectivity index (χ3n) is 1.62. The maximum Gasteiger partial charge on any atom is 0.296 e. The highest BCUT2D eigenvalue weighted by Gasteiger charge is 2.11. The standard InChI is InChI=1S/C7H9BrN4O3S/c8-4-1-2-6(12-16(10,14)15)5(3-4)7(9)11-13/h1-3,12-13H,(H2,9,11)(H2,10,14,15). The van der Waals surface area contributed by atoms with Crippen LogP contribution < -0.4 is 15.6 Å². The fraction of sp³-hybridized carbons (Fsp3) is 0. The monoisotopic (exact) mass is 308 g/mol. The summed E-state index contributed by atoms with van der Waals surface area (Å²) in [5.41, 5.74) is 5.73. The lowest BCUT2D eigenvalue weighted by Crippen LogP contribution is -2.24. The van der Waals surface area contributed by atoms with E-state index in [1.165, 1.54) is 12.1 Å². The van der Waals surface area contributed by atoms with Gasteiger partial charge in [-0.2, -0.15) is 8.42 Å². The van der Waals surface area contributed by atoms with Crippen molar-refractivity contribution in [2.75, 3.05) is 4.72 Å². The van der Waals surface area contributed by atoms with Gasteiger partial charge in [0.2, 0.25) is 0 Å². The Hall–Kier alpha value is -1.32. The molecule has 6 N–H and O–H groups in total. The van der Waals surface area contributed by atoms with E-state index in [1.54, 1.807) is 6.07 Å². The van der Waals surface area contributed by atoms with Crippen LogP contribution in [0.25, 0.3) is 0 Å². The van der Waals surface area contributed by atoms with Gasteiger partial charge in [-0.3, -0.25) is 4.72 Å². The van der Waals surface area contributed by atoms with Gasteiger partial charge < -0.3 is 10.9 Å². The van der Waals surface area contributed by atoms with E-state index in [1.807, 2.05) is 4.72 Å². The van der Waals surface area contributed by atoms with Gasteiger partial charge in [-0.05, 0) is 18.2 Å². The van der Waals surface area contributed by atoms with Gasteiger partial charge in [0.1, 0.15) is 0 Å². The van der Waals surface area contributed by atoms with Gasteiger partial charge in [-0.1, -0.05) is 21.1 Å². The number of rotatable bonds is 3. The van der Waals surface area contributed by atoms with Crippen LogP contribution in [-0.2, 0) is 10.2 Å². The molecule has 0 saturated carbocycles. The molecule has 88 valence electrons. The summed E-state index contributed by atoms with van der Waals surface area (Å²) >= 11 is 3.17. The van der Waals surface area contributed by atoms with Crippen molar-refractivity contribution >= 4 is 37.7 Å².